The number of imide groups is 3. The van der Waals surface area contributed by atoms with Crippen molar-refractivity contribution in [1.29, 1.82) is 0 Å². The number of primary amides is 1. The lowest BCUT2D eigenvalue weighted by atomic mass is 9.96. The number of carbonyl (C=O) groups is 10. The first-order valence-electron chi connectivity index (χ1n) is 18.9. The third-order valence-electron chi connectivity index (χ3n) is 8.76. The average molecular weight is 810 g/mol. The molecule has 8 amide bonds. The van der Waals surface area contributed by atoms with E-state index < -0.39 is 35.7 Å². The highest BCUT2D eigenvalue weighted by atomic mass is 16.5. The van der Waals surface area contributed by atoms with E-state index in [-0.39, 0.29) is 67.0 Å². The summed E-state index contributed by atoms with van der Waals surface area (Å²) in [7, 11) is 0. The maximum Gasteiger partial charge on any atom is 0.265 e. The van der Waals surface area contributed by atoms with Crippen molar-refractivity contribution in [2.75, 3.05) is 19.8 Å². The van der Waals surface area contributed by atoms with Gasteiger partial charge in [0, 0.05) is 30.0 Å². The Kier molecular flexibility index (Phi) is 22.8. The molecule has 2 aromatic carbocycles. The predicted octanol–water partition coefficient (Wildman–Crippen LogP) is 2.75. The first-order valence-corrected chi connectivity index (χ1v) is 18.9. The number of ketones is 1. The molecule has 2 unspecified atom stereocenters. The van der Waals surface area contributed by atoms with Crippen LogP contribution in [0.2, 0.25) is 0 Å². The molecule has 0 bridgehead atoms. The Morgan fingerprint density at radius 3 is 2.16 bits per heavy atom. The van der Waals surface area contributed by atoms with Gasteiger partial charge in [-0.05, 0) is 76.6 Å². The molecule has 58 heavy (non-hydrogen) atoms. The van der Waals surface area contributed by atoms with Crippen LogP contribution in [0.25, 0.3) is 0 Å². The smallest absolute Gasteiger partial charge is 0.265 e. The molecular formula is C41H55N5O12. The number of nitrogens with one attached hydrogen (secondary N) is 2. The summed E-state index contributed by atoms with van der Waals surface area (Å²) in [6, 6.07) is 7.80. The van der Waals surface area contributed by atoms with Gasteiger partial charge in [0.2, 0.25) is 31.0 Å². The number of ether oxygens (including phenoxy) is 2. The van der Waals surface area contributed by atoms with Gasteiger partial charge in [-0.1, -0.05) is 45.4 Å². The summed E-state index contributed by atoms with van der Waals surface area (Å²) in [5.41, 5.74) is 5.51. The van der Waals surface area contributed by atoms with Crippen LogP contribution in [-0.4, -0.2) is 102 Å². The summed E-state index contributed by atoms with van der Waals surface area (Å²) >= 11 is 0. The van der Waals surface area contributed by atoms with Crippen LogP contribution in [0.1, 0.15) is 104 Å². The van der Waals surface area contributed by atoms with Crippen LogP contribution < -0.4 is 25.8 Å². The van der Waals surface area contributed by atoms with E-state index in [2.05, 4.69) is 16.4 Å². The summed E-state index contributed by atoms with van der Waals surface area (Å²) in [6.45, 7) is 10.4. The third-order valence-corrected chi connectivity index (χ3v) is 8.76. The molecule has 1 aliphatic heterocycles. The van der Waals surface area contributed by atoms with Gasteiger partial charge in [-0.3, -0.25) is 58.3 Å². The lowest BCUT2D eigenvalue weighted by Crippen LogP contribution is -2.54. The van der Waals surface area contributed by atoms with Crippen LogP contribution in [0.4, 0.5) is 0 Å². The molecule has 2 aromatic rings. The van der Waals surface area contributed by atoms with Gasteiger partial charge < -0.3 is 25.3 Å². The molecule has 2 atom stereocenters. The second-order valence-corrected chi connectivity index (χ2v) is 13.3. The predicted molar refractivity (Wildman–Crippen MR) is 211 cm³/mol. The molecule has 316 valence electrons. The molecule has 1 aliphatic rings. The SMILES string of the molecule is CC=O.CCCC(C(=O)C(C)C)N(C=O)C(=O)c1cccc(OCC(=O)NCCCCCOc2cccc(C)c2C(=O)N(C=O)C2CCC(=O)NC2=O)c1C.NC=O. The van der Waals surface area contributed by atoms with Gasteiger partial charge in [0.05, 0.1) is 18.2 Å². The van der Waals surface area contributed by atoms with Gasteiger partial charge in [0.25, 0.3) is 17.7 Å². The summed E-state index contributed by atoms with van der Waals surface area (Å²) in [4.78, 5) is 119. The molecule has 0 saturated carbocycles. The van der Waals surface area contributed by atoms with Crippen LogP contribution in [0, 0.1) is 19.8 Å². The number of aryl methyl sites for hydroxylation is 1. The monoisotopic (exact) mass is 809 g/mol. The van der Waals surface area contributed by atoms with Crippen LogP contribution in [-0.2, 0) is 38.4 Å². The van der Waals surface area contributed by atoms with Crippen LogP contribution in [0.3, 0.4) is 0 Å². The topological polar surface area (TPSA) is 246 Å². The van der Waals surface area contributed by atoms with Gasteiger partial charge in [0.15, 0.2) is 12.4 Å². The quantitative estimate of drug-likeness (QED) is 0.0993. The number of Topliss-reactive ketones (excluding diaryl/α,β-unsaturated/α-hetero) is 1. The van der Waals surface area contributed by atoms with E-state index >= 15 is 0 Å². The van der Waals surface area contributed by atoms with Gasteiger partial charge >= 0.3 is 0 Å². The molecule has 17 nitrogen and oxygen atoms in total. The molecule has 0 spiro atoms. The van der Waals surface area contributed by atoms with Gasteiger partial charge in [0.1, 0.15) is 23.8 Å². The van der Waals surface area contributed by atoms with Gasteiger partial charge in [-0.2, -0.15) is 0 Å². The second-order valence-electron chi connectivity index (χ2n) is 13.3. The molecule has 1 heterocycles. The number of amides is 8. The van der Waals surface area contributed by atoms with E-state index in [1.165, 1.54) is 6.92 Å². The maximum atomic E-state index is 13.4. The Morgan fingerprint density at radius 1 is 0.931 bits per heavy atom. The van der Waals surface area contributed by atoms with Crippen molar-refractivity contribution in [1.82, 2.24) is 20.4 Å². The number of carbonyl (C=O) groups excluding carboxylic acids is 10. The zero-order chi connectivity index (χ0) is 43.8. The Morgan fingerprint density at radius 2 is 1.57 bits per heavy atom. The van der Waals surface area contributed by atoms with Crippen molar-refractivity contribution in [2.45, 2.75) is 98.6 Å². The van der Waals surface area contributed by atoms with Crippen molar-refractivity contribution >= 4 is 60.8 Å². The largest absolute Gasteiger partial charge is 0.493 e. The lowest BCUT2D eigenvalue weighted by Gasteiger charge is -2.29. The van der Waals surface area contributed by atoms with E-state index in [0.29, 0.717) is 68.3 Å². The third kappa shape index (κ3) is 15.0. The standard InChI is InChI=1S/C38H48N4O10.C2H4O.CH3NO/c1-6-12-28(35(47)24(2)3)41(22-43)37(49)27-14-11-15-30(26(27)5)52-21-33(46)39-19-8-7-9-20-51-31-16-10-13-25(4)34(31)38(50)42(23-44)29-17-18-32(45)40-36(29)48;1-2-3;2-1-3/h10-11,13-16,22-24,28-29H,6-9,12,17-21H2,1-5H3,(H,39,46)(H,40,45,48);2H,1H3;1H,(H2,2,3). The Hall–Kier alpha value is -6.26. The van der Waals surface area contributed by atoms with E-state index in [1.54, 1.807) is 64.1 Å². The van der Waals surface area contributed by atoms with Crippen molar-refractivity contribution in [3.05, 3.63) is 58.7 Å². The highest BCUT2D eigenvalue weighted by Gasteiger charge is 2.36. The molecule has 0 aromatic heterocycles. The zero-order valence-electron chi connectivity index (χ0n) is 33.9. The lowest BCUT2D eigenvalue weighted by molar-refractivity contribution is -0.139. The number of nitrogens with two attached hydrogens (primary N) is 1. The summed E-state index contributed by atoms with van der Waals surface area (Å²) < 4.78 is 11.6. The minimum atomic E-state index is -1.10. The van der Waals surface area contributed by atoms with Crippen molar-refractivity contribution in [2.24, 2.45) is 11.7 Å². The zero-order valence-corrected chi connectivity index (χ0v) is 33.9. The summed E-state index contributed by atoms with van der Waals surface area (Å²) in [6.07, 6.45) is 4.61. The Labute approximate surface area is 338 Å². The van der Waals surface area contributed by atoms with Crippen LogP contribution in [0.5, 0.6) is 11.5 Å². The molecule has 0 aliphatic carbocycles. The summed E-state index contributed by atoms with van der Waals surface area (Å²) in [5, 5.41) is 4.94. The van der Waals surface area contributed by atoms with Crippen LogP contribution in [0.15, 0.2) is 36.4 Å². The minimum Gasteiger partial charge on any atom is -0.493 e. The summed E-state index contributed by atoms with van der Waals surface area (Å²) in [5.74, 6) is -2.83. The number of nitrogens with zero attached hydrogens (tertiary/aromatic N) is 2. The average Bonchev–Trinajstić information content (AvgIpc) is 3.18. The van der Waals surface area contributed by atoms with E-state index in [9.17, 15) is 38.4 Å². The number of piperidine rings is 1. The Balaban J connectivity index is 0.00000263. The number of hydrogen-bond acceptors (Lipinski definition) is 12. The Bertz CT molecular complexity index is 1760. The number of aldehydes is 1. The van der Waals surface area contributed by atoms with Gasteiger partial charge in [-0.25, -0.2) is 0 Å². The molecule has 1 fully saturated rings. The number of unbranched alkanes of at least 4 members (excludes halogenated alkanes) is 2. The molecular weight excluding hydrogens is 754 g/mol. The first kappa shape index (κ1) is 49.8. The van der Waals surface area contributed by atoms with Crippen LogP contribution >= 0.6 is 0 Å². The van der Waals surface area contributed by atoms with E-state index in [4.69, 9.17) is 19.1 Å². The van der Waals surface area contributed by atoms with E-state index in [1.807, 2.05) is 6.92 Å². The second kappa shape index (κ2) is 26.6. The first-order chi connectivity index (χ1) is 27.7. The van der Waals surface area contributed by atoms with Crippen molar-refractivity contribution in [3.63, 3.8) is 0 Å². The maximum absolute atomic E-state index is 13.4. The number of benzene rings is 2. The van der Waals surface area contributed by atoms with E-state index in [0.717, 1.165) is 16.1 Å². The van der Waals surface area contributed by atoms with Gasteiger partial charge in [-0.15, -0.1) is 0 Å². The fraction of sp³-hybridized carbons (Fsp3) is 0.463. The molecule has 4 N–H and O–H groups in total. The number of rotatable bonds is 20. The fourth-order valence-electron chi connectivity index (χ4n) is 5.86. The molecule has 0 radical (unpaired) electrons. The van der Waals surface area contributed by atoms with Crippen molar-refractivity contribution in [3.8, 4) is 11.5 Å². The highest BCUT2D eigenvalue weighted by Crippen LogP contribution is 2.27. The molecule has 1 saturated heterocycles. The highest BCUT2D eigenvalue weighted by molar-refractivity contribution is 6.09. The minimum absolute atomic E-state index is 0.0138. The molecule has 17 heteroatoms. The van der Waals surface area contributed by atoms with Crippen molar-refractivity contribution < 1.29 is 57.4 Å². The fourth-order valence-corrected chi connectivity index (χ4v) is 5.86. The normalized spacial score (nSPS) is 13.5. The number of hydrogen-bond donors (Lipinski definition) is 3. The molecule has 3 rings (SSSR count).